The maximum atomic E-state index is 6.03. The minimum atomic E-state index is 0.147. The van der Waals surface area contributed by atoms with Gasteiger partial charge in [-0.2, -0.15) is 0 Å². The number of halogens is 2. The van der Waals surface area contributed by atoms with Gasteiger partial charge in [0.2, 0.25) is 0 Å². The summed E-state index contributed by atoms with van der Waals surface area (Å²) in [5.41, 5.74) is 7.15. The fourth-order valence-corrected chi connectivity index (χ4v) is 2.64. The maximum absolute atomic E-state index is 6.03. The van der Waals surface area contributed by atoms with Gasteiger partial charge in [-0.3, -0.25) is 0 Å². The molecule has 1 unspecified atom stereocenters. The van der Waals surface area contributed by atoms with E-state index in [4.69, 9.17) is 22.1 Å². The van der Waals surface area contributed by atoms with Gasteiger partial charge in [-0.25, -0.2) is 0 Å². The highest BCUT2D eigenvalue weighted by Crippen LogP contribution is 2.33. The predicted molar refractivity (Wildman–Crippen MR) is 87.6 cm³/mol. The summed E-state index contributed by atoms with van der Waals surface area (Å²) in [6.07, 6.45) is 1.75. The first kappa shape index (κ1) is 15.4. The second-order valence-corrected chi connectivity index (χ2v) is 5.95. The van der Waals surface area contributed by atoms with Crippen LogP contribution in [0, 0.1) is 0 Å². The molecule has 2 aromatic rings. The molecule has 0 radical (unpaired) electrons. The van der Waals surface area contributed by atoms with Crippen LogP contribution in [-0.2, 0) is 6.42 Å². The molecule has 0 spiro atoms. The molecule has 0 saturated heterocycles. The van der Waals surface area contributed by atoms with Crippen LogP contribution in [0.15, 0.2) is 46.9 Å². The molecule has 0 aromatic heterocycles. The van der Waals surface area contributed by atoms with E-state index in [1.807, 2.05) is 36.4 Å². The van der Waals surface area contributed by atoms with Crippen molar-refractivity contribution in [1.82, 2.24) is 0 Å². The van der Waals surface area contributed by atoms with Gasteiger partial charge in [0, 0.05) is 11.1 Å². The summed E-state index contributed by atoms with van der Waals surface area (Å²) in [5, 5.41) is 0.672. The number of rotatable bonds is 5. The van der Waals surface area contributed by atoms with E-state index in [1.54, 1.807) is 0 Å². The number of ether oxygens (including phenoxy) is 1. The summed E-state index contributed by atoms with van der Waals surface area (Å²) >= 11 is 9.40. The van der Waals surface area contributed by atoms with E-state index in [1.165, 1.54) is 0 Å². The highest BCUT2D eigenvalue weighted by molar-refractivity contribution is 9.10. The first-order valence-electron chi connectivity index (χ1n) is 6.56. The lowest BCUT2D eigenvalue weighted by Crippen LogP contribution is -2.21. The molecule has 0 saturated carbocycles. The van der Waals surface area contributed by atoms with Crippen LogP contribution in [0.1, 0.15) is 18.9 Å². The molecule has 0 heterocycles. The Morgan fingerprint density at radius 1 is 1.20 bits per heavy atom. The van der Waals surface area contributed by atoms with Crippen LogP contribution < -0.4 is 10.5 Å². The molecule has 0 aliphatic carbocycles. The zero-order valence-corrected chi connectivity index (χ0v) is 13.6. The molecular formula is C16H17BrClNO. The summed E-state index contributed by atoms with van der Waals surface area (Å²) in [5.74, 6) is 1.58. The van der Waals surface area contributed by atoms with Gasteiger partial charge in [-0.1, -0.05) is 36.7 Å². The molecule has 20 heavy (non-hydrogen) atoms. The zero-order chi connectivity index (χ0) is 14.5. The van der Waals surface area contributed by atoms with Crippen molar-refractivity contribution in [3.63, 3.8) is 0 Å². The quantitative estimate of drug-likeness (QED) is 0.803. The standard InChI is InChI=1S/C16H17BrClNO/c1-2-13(19)9-11-5-3-4-6-15(11)20-16-8-7-12(18)10-14(16)17/h3-8,10,13H,2,9,19H2,1H3. The summed E-state index contributed by atoms with van der Waals surface area (Å²) in [4.78, 5) is 0. The first-order valence-corrected chi connectivity index (χ1v) is 7.73. The van der Waals surface area contributed by atoms with E-state index in [0.717, 1.165) is 34.4 Å². The predicted octanol–water partition coefficient (Wildman–Crippen LogP) is 5.17. The van der Waals surface area contributed by atoms with Crippen LogP contribution in [0.5, 0.6) is 11.5 Å². The van der Waals surface area contributed by atoms with Crippen LogP contribution >= 0.6 is 27.5 Å². The van der Waals surface area contributed by atoms with Crippen molar-refractivity contribution in [3.8, 4) is 11.5 Å². The lowest BCUT2D eigenvalue weighted by molar-refractivity contribution is 0.469. The Morgan fingerprint density at radius 3 is 2.65 bits per heavy atom. The molecule has 2 nitrogen and oxygen atoms in total. The Morgan fingerprint density at radius 2 is 1.95 bits per heavy atom. The molecular weight excluding hydrogens is 338 g/mol. The van der Waals surface area contributed by atoms with Crippen LogP contribution in [-0.4, -0.2) is 6.04 Å². The van der Waals surface area contributed by atoms with Crippen LogP contribution in [0.2, 0.25) is 5.02 Å². The second-order valence-electron chi connectivity index (χ2n) is 4.66. The average molecular weight is 355 g/mol. The minimum absolute atomic E-state index is 0.147. The number of hydrogen-bond acceptors (Lipinski definition) is 2. The molecule has 4 heteroatoms. The van der Waals surface area contributed by atoms with Gasteiger partial charge in [0.15, 0.2) is 0 Å². The SMILES string of the molecule is CCC(N)Cc1ccccc1Oc1ccc(Cl)cc1Br. The Labute approximate surface area is 133 Å². The molecule has 0 aliphatic rings. The van der Waals surface area contributed by atoms with Crippen molar-refractivity contribution in [2.24, 2.45) is 5.73 Å². The normalized spacial score (nSPS) is 12.2. The maximum Gasteiger partial charge on any atom is 0.141 e. The molecule has 0 aliphatic heterocycles. The van der Waals surface area contributed by atoms with Gasteiger partial charge in [0.25, 0.3) is 0 Å². The molecule has 0 bridgehead atoms. The molecule has 2 aromatic carbocycles. The minimum Gasteiger partial charge on any atom is -0.456 e. The fourth-order valence-electron chi connectivity index (χ4n) is 1.88. The lowest BCUT2D eigenvalue weighted by atomic mass is 10.0. The highest BCUT2D eigenvalue weighted by atomic mass is 79.9. The lowest BCUT2D eigenvalue weighted by Gasteiger charge is -2.15. The highest BCUT2D eigenvalue weighted by Gasteiger charge is 2.10. The van der Waals surface area contributed by atoms with E-state index in [2.05, 4.69) is 28.9 Å². The molecule has 2 rings (SSSR count). The number of para-hydroxylation sites is 1. The number of benzene rings is 2. The van der Waals surface area contributed by atoms with Crippen LogP contribution in [0.4, 0.5) is 0 Å². The Balaban J connectivity index is 2.24. The van der Waals surface area contributed by atoms with Gasteiger partial charge >= 0.3 is 0 Å². The van der Waals surface area contributed by atoms with Gasteiger partial charge in [-0.15, -0.1) is 0 Å². The van der Waals surface area contributed by atoms with Crippen molar-refractivity contribution in [2.75, 3.05) is 0 Å². The second kappa shape index (κ2) is 7.11. The topological polar surface area (TPSA) is 35.2 Å². The molecule has 106 valence electrons. The van der Waals surface area contributed by atoms with Gasteiger partial charge < -0.3 is 10.5 Å². The Kier molecular flexibility index (Phi) is 5.46. The Bertz CT molecular complexity index is 588. The smallest absolute Gasteiger partial charge is 0.141 e. The van der Waals surface area contributed by atoms with Gasteiger partial charge in [0.05, 0.1) is 4.47 Å². The van der Waals surface area contributed by atoms with Gasteiger partial charge in [0.1, 0.15) is 11.5 Å². The van der Waals surface area contributed by atoms with E-state index in [-0.39, 0.29) is 6.04 Å². The third-order valence-corrected chi connectivity index (χ3v) is 3.95. The first-order chi connectivity index (χ1) is 9.60. The van der Waals surface area contributed by atoms with E-state index in [9.17, 15) is 0 Å². The zero-order valence-electron chi connectivity index (χ0n) is 11.3. The number of nitrogens with two attached hydrogens (primary N) is 1. The summed E-state index contributed by atoms with van der Waals surface area (Å²) in [6.45, 7) is 2.09. The van der Waals surface area contributed by atoms with Gasteiger partial charge in [-0.05, 0) is 58.6 Å². The summed E-state index contributed by atoms with van der Waals surface area (Å²) in [7, 11) is 0. The van der Waals surface area contributed by atoms with Crippen molar-refractivity contribution in [1.29, 1.82) is 0 Å². The van der Waals surface area contributed by atoms with Crippen molar-refractivity contribution in [3.05, 3.63) is 57.5 Å². The van der Waals surface area contributed by atoms with Crippen LogP contribution in [0.25, 0.3) is 0 Å². The molecule has 0 fully saturated rings. The van der Waals surface area contributed by atoms with E-state index in [0.29, 0.717) is 5.02 Å². The van der Waals surface area contributed by atoms with Crippen molar-refractivity contribution in [2.45, 2.75) is 25.8 Å². The Hall–Kier alpha value is -1.03. The number of hydrogen-bond donors (Lipinski definition) is 1. The summed E-state index contributed by atoms with van der Waals surface area (Å²) < 4.78 is 6.81. The third-order valence-electron chi connectivity index (χ3n) is 3.09. The molecule has 0 amide bonds. The van der Waals surface area contributed by atoms with Crippen molar-refractivity contribution >= 4 is 27.5 Å². The average Bonchev–Trinajstić information content (AvgIpc) is 2.43. The van der Waals surface area contributed by atoms with E-state index >= 15 is 0 Å². The third kappa shape index (κ3) is 3.98. The summed E-state index contributed by atoms with van der Waals surface area (Å²) in [6, 6.07) is 13.6. The fraction of sp³-hybridized carbons (Fsp3) is 0.250. The van der Waals surface area contributed by atoms with Crippen molar-refractivity contribution < 1.29 is 4.74 Å². The monoisotopic (exact) mass is 353 g/mol. The van der Waals surface area contributed by atoms with Crippen LogP contribution in [0.3, 0.4) is 0 Å². The molecule has 1 atom stereocenters. The van der Waals surface area contributed by atoms with E-state index < -0.39 is 0 Å². The molecule has 2 N–H and O–H groups in total. The largest absolute Gasteiger partial charge is 0.456 e.